The summed E-state index contributed by atoms with van der Waals surface area (Å²) in [6.07, 6.45) is 1.80. The van der Waals surface area contributed by atoms with Crippen LogP contribution in [-0.4, -0.2) is 37.5 Å². The highest BCUT2D eigenvalue weighted by Crippen LogP contribution is 2.12. The van der Waals surface area contributed by atoms with Crippen LogP contribution in [0, 0.1) is 0 Å². The number of ether oxygens (including phenoxy) is 2. The van der Waals surface area contributed by atoms with Gasteiger partial charge >= 0.3 is 5.97 Å². The van der Waals surface area contributed by atoms with Gasteiger partial charge in [-0.3, -0.25) is 4.79 Å². The minimum absolute atomic E-state index is 0.0350. The van der Waals surface area contributed by atoms with Crippen molar-refractivity contribution in [2.24, 2.45) is 0 Å². The number of rotatable bonds is 8. The number of hydrogen-bond acceptors (Lipinski definition) is 4. The highest BCUT2D eigenvalue weighted by molar-refractivity contribution is 6.19. The summed E-state index contributed by atoms with van der Waals surface area (Å²) in [5.41, 5.74) is 0.802. The van der Waals surface area contributed by atoms with E-state index >= 15 is 0 Å². The number of halogens is 1. The summed E-state index contributed by atoms with van der Waals surface area (Å²) in [6.45, 7) is 3.99. The smallest absolute Gasteiger partial charge is 0.329 e. The van der Waals surface area contributed by atoms with Crippen molar-refractivity contribution in [3.63, 3.8) is 0 Å². The quantitative estimate of drug-likeness (QED) is 0.451. The van der Waals surface area contributed by atoms with Crippen LogP contribution in [-0.2, 0) is 20.7 Å². The first-order chi connectivity index (χ1) is 10.1. The van der Waals surface area contributed by atoms with Crippen LogP contribution in [0.15, 0.2) is 36.9 Å². The number of esters is 1. The van der Waals surface area contributed by atoms with Crippen LogP contribution in [0.5, 0.6) is 5.75 Å². The number of alkyl halides is 1. The Kier molecular flexibility index (Phi) is 7.32. The molecule has 0 heterocycles. The van der Waals surface area contributed by atoms with Crippen molar-refractivity contribution >= 4 is 23.5 Å². The zero-order valence-corrected chi connectivity index (χ0v) is 12.6. The Hall–Kier alpha value is -2.01. The third kappa shape index (κ3) is 5.87. The molecule has 5 nitrogen and oxygen atoms in total. The Balaban J connectivity index is 2.54. The molecule has 0 saturated carbocycles. The minimum Gasteiger partial charge on any atom is -0.490 e. The van der Waals surface area contributed by atoms with Crippen molar-refractivity contribution in [3.8, 4) is 5.75 Å². The maximum Gasteiger partial charge on any atom is 0.329 e. The predicted octanol–water partition coefficient (Wildman–Crippen LogP) is 1.69. The van der Waals surface area contributed by atoms with E-state index in [0.717, 1.165) is 5.56 Å². The summed E-state index contributed by atoms with van der Waals surface area (Å²) < 4.78 is 9.89. The van der Waals surface area contributed by atoms with E-state index in [4.69, 9.17) is 16.3 Å². The maximum absolute atomic E-state index is 11.8. The molecule has 0 aliphatic carbocycles. The largest absolute Gasteiger partial charge is 0.490 e. The van der Waals surface area contributed by atoms with Crippen molar-refractivity contribution in [1.29, 1.82) is 0 Å². The molecular weight excluding hydrogens is 294 g/mol. The fraction of sp³-hybridized carbons (Fsp3) is 0.333. The average molecular weight is 312 g/mol. The van der Waals surface area contributed by atoms with Gasteiger partial charge in [0.25, 0.3) is 0 Å². The van der Waals surface area contributed by atoms with E-state index in [1.807, 2.05) is 0 Å². The lowest BCUT2D eigenvalue weighted by atomic mass is 10.1. The van der Waals surface area contributed by atoms with Crippen LogP contribution in [0.3, 0.4) is 0 Å². The van der Waals surface area contributed by atoms with E-state index < -0.39 is 12.0 Å². The molecule has 114 valence electrons. The van der Waals surface area contributed by atoms with Crippen molar-refractivity contribution in [3.05, 3.63) is 42.5 Å². The molecule has 1 aromatic carbocycles. The lowest BCUT2D eigenvalue weighted by Gasteiger charge is -2.13. The van der Waals surface area contributed by atoms with E-state index in [2.05, 4.69) is 16.6 Å². The van der Waals surface area contributed by atoms with Crippen LogP contribution in [0.25, 0.3) is 0 Å². The van der Waals surface area contributed by atoms with Gasteiger partial charge in [-0.25, -0.2) is 4.79 Å². The summed E-state index contributed by atoms with van der Waals surface area (Å²) >= 11 is 5.62. The van der Waals surface area contributed by atoms with Gasteiger partial charge in [0.1, 0.15) is 18.4 Å². The number of benzene rings is 1. The Labute approximate surface area is 128 Å². The molecule has 0 unspecified atom stereocenters. The minimum atomic E-state index is -0.834. The average Bonchev–Trinajstić information content (AvgIpc) is 2.51. The number of hydrogen-bond donors (Lipinski definition) is 1. The number of amides is 1. The van der Waals surface area contributed by atoms with Crippen LogP contribution >= 0.6 is 11.6 Å². The SMILES string of the molecule is C=CCOc1ccc(CC(=O)N[C@@H](CCl)C(=O)OC)cc1. The highest BCUT2D eigenvalue weighted by atomic mass is 35.5. The van der Waals surface area contributed by atoms with E-state index in [9.17, 15) is 9.59 Å². The molecule has 1 atom stereocenters. The van der Waals surface area contributed by atoms with E-state index in [-0.39, 0.29) is 18.2 Å². The molecular formula is C15H18ClNO4. The van der Waals surface area contributed by atoms with Gasteiger partial charge in [0.15, 0.2) is 0 Å². The first kappa shape index (κ1) is 17.0. The standard InChI is InChI=1S/C15H18ClNO4/c1-3-8-21-12-6-4-11(5-7-12)9-14(18)17-13(10-16)15(19)20-2/h3-7,13H,1,8-10H2,2H3,(H,17,18)/t13-/m0/s1. The molecule has 0 radical (unpaired) electrons. The molecule has 0 aliphatic rings. The molecule has 1 amide bonds. The zero-order valence-electron chi connectivity index (χ0n) is 11.8. The van der Waals surface area contributed by atoms with Crippen LogP contribution in [0.1, 0.15) is 5.56 Å². The summed E-state index contributed by atoms with van der Waals surface area (Å²) in [4.78, 5) is 23.2. The van der Waals surface area contributed by atoms with Gasteiger partial charge in [0.05, 0.1) is 19.4 Å². The normalized spacial score (nSPS) is 11.3. The van der Waals surface area contributed by atoms with Crippen molar-refractivity contribution < 1.29 is 19.1 Å². The van der Waals surface area contributed by atoms with E-state index in [1.54, 1.807) is 30.3 Å². The predicted molar refractivity (Wildman–Crippen MR) is 80.5 cm³/mol. The summed E-state index contributed by atoms with van der Waals surface area (Å²) in [7, 11) is 1.25. The molecule has 1 aromatic rings. The van der Waals surface area contributed by atoms with Crippen LogP contribution in [0.2, 0.25) is 0 Å². The molecule has 1 rings (SSSR count). The van der Waals surface area contributed by atoms with Crippen molar-refractivity contribution in [2.75, 3.05) is 19.6 Å². The Morgan fingerprint density at radius 3 is 2.57 bits per heavy atom. The molecule has 0 saturated heterocycles. The fourth-order valence-corrected chi connectivity index (χ4v) is 1.80. The first-order valence-corrected chi connectivity index (χ1v) is 6.90. The Morgan fingerprint density at radius 2 is 2.05 bits per heavy atom. The lowest BCUT2D eigenvalue weighted by Crippen LogP contribution is -2.43. The second-order valence-corrected chi connectivity index (χ2v) is 4.53. The number of carbonyl (C=O) groups is 2. The maximum atomic E-state index is 11.8. The summed E-state index contributed by atoms with van der Waals surface area (Å²) in [6, 6.07) is 6.27. The second kappa shape index (κ2) is 9.02. The molecule has 0 spiro atoms. The lowest BCUT2D eigenvalue weighted by molar-refractivity contribution is -0.144. The fourth-order valence-electron chi connectivity index (χ4n) is 1.59. The molecule has 0 aromatic heterocycles. The van der Waals surface area contributed by atoms with Crippen molar-refractivity contribution in [1.82, 2.24) is 5.32 Å². The molecule has 0 bridgehead atoms. The van der Waals surface area contributed by atoms with Crippen molar-refractivity contribution in [2.45, 2.75) is 12.5 Å². The summed E-state index contributed by atoms with van der Waals surface area (Å²) in [5.74, 6) is -0.197. The topological polar surface area (TPSA) is 64.6 Å². The van der Waals surface area contributed by atoms with Gasteiger partial charge in [-0.1, -0.05) is 24.8 Å². The molecule has 1 N–H and O–H groups in total. The van der Waals surface area contributed by atoms with Gasteiger partial charge in [-0.05, 0) is 17.7 Å². The zero-order chi connectivity index (χ0) is 15.7. The molecule has 0 aliphatic heterocycles. The monoisotopic (exact) mass is 311 g/mol. The third-order valence-electron chi connectivity index (χ3n) is 2.63. The molecule has 0 fully saturated rings. The molecule has 21 heavy (non-hydrogen) atoms. The third-order valence-corrected chi connectivity index (χ3v) is 2.94. The second-order valence-electron chi connectivity index (χ2n) is 4.22. The van der Waals surface area contributed by atoms with Gasteiger partial charge in [-0.2, -0.15) is 0 Å². The van der Waals surface area contributed by atoms with Crippen LogP contribution in [0.4, 0.5) is 0 Å². The van der Waals surface area contributed by atoms with Gasteiger partial charge in [-0.15, -0.1) is 11.6 Å². The first-order valence-electron chi connectivity index (χ1n) is 6.36. The summed E-state index contributed by atoms with van der Waals surface area (Å²) in [5, 5.41) is 2.52. The van der Waals surface area contributed by atoms with Gasteiger partial charge < -0.3 is 14.8 Å². The number of nitrogens with one attached hydrogen (secondary N) is 1. The Morgan fingerprint density at radius 1 is 1.38 bits per heavy atom. The number of carbonyl (C=O) groups excluding carboxylic acids is 2. The van der Waals surface area contributed by atoms with Gasteiger partial charge in [0.2, 0.25) is 5.91 Å². The van der Waals surface area contributed by atoms with E-state index in [0.29, 0.717) is 12.4 Å². The van der Waals surface area contributed by atoms with E-state index in [1.165, 1.54) is 7.11 Å². The highest BCUT2D eigenvalue weighted by Gasteiger charge is 2.20. The Bertz CT molecular complexity index is 487. The van der Waals surface area contributed by atoms with Gasteiger partial charge in [0, 0.05) is 0 Å². The van der Waals surface area contributed by atoms with Crippen LogP contribution < -0.4 is 10.1 Å². The number of methoxy groups -OCH3 is 1. The molecule has 6 heteroatoms.